The molecule has 0 spiro atoms. The van der Waals surface area contributed by atoms with Crippen LogP contribution in [0.2, 0.25) is 0 Å². The van der Waals surface area contributed by atoms with E-state index in [-0.39, 0.29) is 11.8 Å². The Morgan fingerprint density at radius 1 is 1.22 bits per heavy atom. The first-order chi connectivity index (χ1) is 12.8. The minimum Gasteiger partial charge on any atom is -0.334 e. The third-order valence-electron chi connectivity index (χ3n) is 4.36. The summed E-state index contributed by atoms with van der Waals surface area (Å²) in [6, 6.07) is 9.33. The van der Waals surface area contributed by atoms with E-state index in [1.165, 1.54) is 6.07 Å². The van der Waals surface area contributed by atoms with Gasteiger partial charge in [0.1, 0.15) is 5.82 Å². The van der Waals surface area contributed by atoms with Gasteiger partial charge in [-0.3, -0.25) is 9.62 Å². The highest BCUT2D eigenvalue weighted by Crippen LogP contribution is 2.28. The van der Waals surface area contributed by atoms with Crippen LogP contribution >= 0.6 is 0 Å². The van der Waals surface area contributed by atoms with Crippen LogP contribution in [0.15, 0.2) is 36.4 Å². The lowest BCUT2D eigenvalue weighted by Gasteiger charge is -2.30. The minimum atomic E-state index is -3.70. The first-order valence-electron chi connectivity index (χ1n) is 8.73. The summed E-state index contributed by atoms with van der Waals surface area (Å²) in [4.78, 5) is 13.6. The average Bonchev–Trinajstić information content (AvgIpc) is 2.60. The number of amides is 2. The number of nitrogens with one attached hydrogen (secondary N) is 2. The van der Waals surface area contributed by atoms with Gasteiger partial charge < -0.3 is 5.32 Å². The maximum atomic E-state index is 13.6. The van der Waals surface area contributed by atoms with Gasteiger partial charge in [-0.05, 0) is 54.3 Å². The lowest BCUT2D eigenvalue weighted by molar-refractivity contribution is 0.244. The molecule has 2 amide bonds. The van der Waals surface area contributed by atoms with E-state index in [1.807, 2.05) is 6.92 Å². The molecule has 2 N–H and O–H groups in total. The van der Waals surface area contributed by atoms with Crippen molar-refractivity contribution in [2.24, 2.45) is 0 Å². The second-order valence-corrected chi connectivity index (χ2v) is 8.32. The molecule has 2 aromatic rings. The summed E-state index contributed by atoms with van der Waals surface area (Å²) in [5.41, 5.74) is 2.88. The Morgan fingerprint density at radius 3 is 2.70 bits per heavy atom. The first-order valence-corrected chi connectivity index (χ1v) is 10.4. The van der Waals surface area contributed by atoms with Gasteiger partial charge in [0.25, 0.3) is 0 Å². The lowest BCUT2D eigenvalue weighted by atomic mass is 10.1. The summed E-state index contributed by atoms with van der Waals surface area (Å²) in [5.74, 6) is -0.747. The summed E-state index contributed by atoms with van der Waals surface area (Å²) < 4.78 is 41.1. The normalized spacial score (nSPS) is 13.9. The molecule has 2 aromatic carbocycles. The van der Waals surface area contributed by atoms with Crippen LogP contribution in [0, 0.1) is 12.7 Å². The quantitative estimate of drug-likeness (QED) is 0.791. The van der Waals surface area contributed by atoms with E-state index in [0.717, 1.165) is 17.7 Å². The van der Waals surface area contributed by atoms with Crippen LogP contribution in [0.4, 0.5) is 20.6 Å². The maximum absolute atomic E-state index is 13.6. The zero-order valence-corrected chi connectivity index (χ0v) is 16.1. The zero-order valence-electron chi connectivity index (χ0n) is 15.3. The minimum absolute atomic E-state index is 0.154. The van der Waals surface area contributed by atoms with Crippen LogP contribution in [0.25, 0.3) is 0 Å². The van der Waals surface area contributed by atoms with Crippen LogP contribution in [-0.4, -0.2) is 21.0 Å². The summed E-state index contributed by atoms with van der Waals surface area (Å²) in [7, 11) is -3.70. The highest BCUT2D eigenvalue weighted by Gasteiger charge is 2.23. The van der Waals surface area contributed by atoms with Crippen molar-refractivity contribution in [2.75, 3.05) is 16.2 Å². The van der Waals surface area contributed by atoms with Crippen molar-refractivity contribution in [2.45, 2.75) is 32.6 Å². The monoisotopic (exact) mass is 391 g/mol. The number of anilines is 2. The standard InChI is InChI=1S/C19H22FN3O3S/c1-3-8-23-18-7-6-16(10-15(18)11-21-19(23)24)22-27(25,26)12-14-5-4-13(2)17(20)9-14/h4-7,9-10,22H,3,8,11-12H2,1-2H3,(H,21,24). The number of fused-ring (bicyclic) bond motifs is 1. The second-order valence-electron chi connectivity index (χ2n) is 6.60. The summed E-state index contributed by atoms with van der Waals surface area (Å²) in [6.07, 6.45) is 0.814. The van der Waals surface area contributed by atoms with Gasteiger partial charge >= 0.3 is 6.03 Å². The third kappa shape index (κ3) is 4.39. The van der Waals surface area contributed by atoms with Crippen LogP contribution in [0.5, 0.6) is 0 Å². The summed E-state index contributed by atoms with van der Waals surface area (Å²) in [6.45, 7) is 4.54. The SMILES string of the molecule is CCCN1C(=O)NCc2cc(NS(=O)(=O)Cc3ccc(C)c(F)c3)ccc21. The van der Waals surface area contributed by atoms with E-state index in [1.54, 1.807) is 42.2 Å². The van der Waals surface area contributed by atoms with Gasteiger partial charge in [-0.1, -0.05) is 19.1 Å². The van der Waals surface area contributed by atoms with Gasteiger partial charge in [-0.15, -0.1) is 0 Å². The number of urea groups is 1. The predicted molar refractivity (Wildman–Crippen MR) is 104 cm³/mol. The van der Waals surface area contributed by atoms with Crippen molar-refractivity contribution >= 4 is 27.4 Å². The van der Waals surface area contributed by atoms with E-state index >= 15 is 0 Å². The highest BCUT2D eigenvalue weighted by molar-refractivity contribution is 7.91. The van der Waals surface area contributed by atoms with Gasteiger partial charge in [-0.25, -0.2) is 17.6 Å². The Balaban J connectivity index is 1.79. The van der Waals surface area contributed by atoms with Crippen molar-refractivity contribution in [1.82, 2.24) is 5.32 Å². The largest absolute Gasteiger partial charge is 0.334 e. The molecule has 1 aliphatic heterocycles. The van der Waals surface area contributed by atoms with Crippen molar-refractivity contribution in [1.29, 1.82) is 0 Å². The molecule has 1 aliphatic rings. The molecule has 8 heteroatoms. The molecule has 1 heterocycles. The van der Waals surface area contributed by atoms with Crippen LogP contribution in [0.1, 0.15) is 30.0 Å². The van der Waals surface area contributed by atoms with E-state index in [9.17, 15) is 17.6 Å². The molecule has 0 saturated carbocycles. The fourth-order valence-corrected chi connectivity index (χ4v) is 4.21. The fraction of sp³-hybridized carbons (Fsp3) is 0.316. The van der Waals surface area contributed by atoms with Crippen LogP contribution < -0.4 is 14.9 Å². The lowest BCUT2D eigenvalue weighted by Crippen LogP contribution is -2.44. The topological polar surface area (TPSA) is 78.5 Å². The third-order valence-corrected chi connectivity index (χ3v) is 5.62. The van der Waals surface area contributed by atoms with E-state index in [4.69, 9.17) is 0 Å². The van der Waals surface area contributed by atoms with Crippen LogP contribution in [0.3, 0.4) is 0 Å². The molecule has 3 rings (SSSR count). The Kier molecular flexibility index (Phi) is 5.36. The van der Waals surface area contributed by atoms with Gasteiger partial charge in [-0.2, -0.15) is 0 Å². The molecule has 0 unspecified atom stereocenters. The fourth-order valence-electron chi connectivity index (χ4n) is 3.04. The molecular weight excluding hydrogens is 369 g/mol. The number of aryl methyl sites for hydroxylation is 1. The van der Waals surface area contributed by atoms with Crippen molar-refractivity contribution in [3.05, 3.63) is 58.9 Å². The molecule has 0 aliphatic carbocycles. The number of sulfonamides is 1. The van der Waals surface area contributed by atoms with E-state index in [2.05, 4.69) is 10.0 Å². The van der Waals surface area contributed by atoms with Gasteiger partial charge in [0.2, 0.25) is 10.0 Å². The molecule has 0 radical (unpaired) electrons. The van der Waals surface area contributed by atoms with Gasteiger partial charge in [0, 0.05) is 18.8 Å². The average molecular weight is 391 g/mol. The van der Waals surface area contributed by atoms with E-state index in [0.29, 0.717) is 29.9 Å². The summed E-state index contributed by atoms with van der Waals surface area (Å²) in [5, 5.41) is 2.78. The number of carbonyl (C=O) groups is 1. The highest BCUT2D eigenvalue weighted by atomic mass is 32.2. The molecular formula is C19H22FN3O3S. The van der Waals surface area contributed by atoms with Crippen molar-refractivity contribution in [3.63, 3.8) is 0 Å². The number of nitrogens with zero attached hydrogens (tertiary/aromatic N) is 1. The Bertz CT molecular complexity index is 976. The number of benzene rings is 2. The Morgan fingerprint density at radius 2 is 2.00 bits per heavy atom. The molecule has 144 valence electrons. The number of carbonyl (C=O) groups excluding carboxylic acids is 1. The van der Waals surface area contributed by atoms with Crippen molar-refractivity contribution < 1.29 is 17.6 Å². The second kappa shape index (κ2) is 7.56. The summed E-state index contributed by atoms with van der Waals surface area (Å²) >= 11 is 0. The molecule has 27 heavy (non-hydrogen) atoms. The Hall–Kier alpha value is -2.61. The van der Waals surface area contributed by atoms with Gasteiger partial charge in [0.15, 0.2) is 0 Å². The zero-order chi connectivity index (χ0) is 19.6. The number of halogens is 1. The smallest absolute Gasteiger partial charge is 0.322 e. The number of rotatable bonds is 6. The maximum Gasteiger partial charge on any atom is 0.322 e. The number of hydrogen-bond acceptors (Lipinski definition) is 3. The molecule has 0 aromatic heterocycles. The molecule has 0 bridgehead atoms. The number of hydrogen-bond donors (Lipinski definition) is 2. The van der Waals surface area contributed by atoms with Crippen molar-refractivity contribution in [3.8, 4) is 0 Å². The first kappa shape index (κ1) is 19.2. The predicted octanol–water partition coefficient (Wildman–Crippen LogP) is 3.52. The molecule has 0 fully saturated rings. The van der Waals surface area contributed by atoms with E-state index < -0.39 is 15.8 Å². The Labute approximate surface area is 158 Å². The van der Waals surface area contributed by atoms with Gasteiger partial charge in [0.05, 0.1) is 11.4 Å². The molecule has 0 saturated heterocycles. The van der Waals surface area contributed by atoms with Crippen LogP contribution in [-0.2, 0) is 22.3 Å². The molecule has 0 atom stereocenters. The molecule has 6 nitrogen and oxygen atoms in total.